The number of carbonyl (C=O) groups is 1. The van der Waals surface area contributed by atoms with E-state index in [0.29, 0.717) is 29.2 Å². The first-order valence-electron chi connectivity index (χ1n) is 9.26. The van der Waals surface area contributed by atoms with Crippen molar-refractivity contribution in [2.45, 2.75) is 18.6 Å². The summed E-state index contributed by atoms with van der Waals surface area (Å²) in [6.07, 6.45) is -1.34. The highest BCUT2D eigenvalue weighted by Gasteiger charge is 2.37. The number of nitrogens with zero attached hydrogens (tertiary/aromatic N) is 1. The highest BCUT2D eigenvalue weighted by Crippen LogP contribution is 2.36. The zero-order valence-electron chi connectivity index (χ0n) is 16.5. The van der Waals surface area contributed by atoms with E-state index in [2.05, 4.69) is 0 Å². The van der Waals surface area contributed by atoms with E-state index in [1.165, 1.54) is 19.1 Å². The first-order valence-corrected chi connectivity index (χ1v) is 9.26. The van der Waals surface area contributed by atoms with Crippen molar-refractivity contribution in [3.8, 4) is 11.5 Å². The highest BCUT2D eigenvalue weighted by atomic mass is 19.1. The van der Waals surface area contributed by atoms with Gasteiger partial charge in [0.1, 0.15) is 23.6 Å². The van der Waals surface area contributed by atoms with E-state index in [0.717, 1.165) is 0 Å². The van der Waals surface area contributed by atoms with Crippen LogP contribution in [0.4, 0.5) is 13.2 Å². The van der Waals surface area contributed by atoms with E-state index in [9.17, 15) is 23.1 Å². The number of amides is 1. The second kappa shape index (κ2) is 9.36. The molecule has 6 nitrogen and oxygen atoms in total. The van der Waals surface area contributed by atoms with Crippen molar-refractivity contribution in [2.24, 2.45) is 0 Å². The Labute approximate surface area is 171 Å². The SMILES string of the molecule is COc1ccc([C@@H]2[C@@H](CO)OCCN2C(=O)Cc2c(F)cc(F)cc2F)cc1OC. The highest BCUT2D eigenvalue weighted by molar-refractivity contribution is 5.79. The number of methoxy groups -OCH3 is 2. The average Bonchev–Trinajstić information content (AvgIpc) is 2.74. The van der Waals surface area contributed by atoms with Crippen LogP contribution in [-0.2, 0) is 16.0 Å². The number of carbonyl (C=O) groups excluding carboxylic acids is 1. The van der Waals surface area contributed by atoms with E-state index in [1.54, 1.807) is 18.2 Å². The van der Waals surface area contributed by atoms with Crippen LogP contribution in [0.5, 0.6) is 11.5 Å². The monoisotopic (exact) mass is 425 g/mol. The van der Waals surface area contributed by atoms with Crippen LogP contribution in [0.2, 0.25) is 0 Å². The van der Waals surface area contributed by atoms with E-state index in [-0.39, 0.29) is 19.8 Å². The van der Waals surface area contributed by atoms with Gasteiger partial charge in [-0.15, -0.1) is 0 Å². The smallest absolute Gasteiger partial charge is 0.227 e. The summed E-state index contributed by atoms with van der Waals surface area (Å²) in [7, 11) is 2.95. The Bertz CT molecular complexity index is 901. The fourth-order valence-corrected chi connectivity index (χ4v) is 3.59. The first kappa shape index (κ1) is 21.9. The first-order chi connectivity index (χ1) is 14.4. The molecule has 0 radical (unpaired) electrons. The summed E-state index contributed by atoms with van der Waals surface area (Å²) in [5.74, 6) is -3.00. The van der Waals surface area contributed by atoms with E-state index < -0.39 is 47.5 Å². The minimum atomic E-state index is -1.13. The topological polar surface area (TPSA) is 68.2 Å². The van der Waals surface area contributed by atoms with Crippen molar-refractivity contribution < 1.29 is 37.3 Å². The van der Waals surface area contributed by atoms with Gasteiger partial charge < -0.3 is 24.2 Å². The molecule has 1 N–H and O–H groups in total. The molecule has 0 saturated carbocycles. The molecule has 1 aliphatic rings. The van der Waals surface area contributed by atoms with E-state index in [1.807, 2.05) is 0 Å². The Morgan fingerprint density at radius 1 is 1.13 bits per heavy atom. The van der Waals surface area contributed by atoms with Crippen molar-refractivity contribution in [3.63, 3.8) is 0 Å². The van der Waals surface area contributed by atoms with Crippen LogP contribution in [0.1, 0.15) is 17.2 Å². The molecule has 3 rings (SSSR count). The summed E-state index contributed by atoms with van der Waals surface area (Å²) in [4.78, 5) is 14.4. The summed E-state index contributed by atoms with van der Waals surface area (Å²) in [5, 5.41) is 9.78. The van der Waals surface area contributed by atoms with Gasteiger partial charge in [0.15, 0.2) is 11.5 Å². The van der Waals surface area contributed by atoms with Gasteiger partial charge in [0.25, 0.3) is 0 Å². The molecular formula is C21H22F3NO5. The Morgan fingerprint density at radius 2 is 1.80 bits per heavy atom. The maximum atomic E-state index is 14.0. The van der Waals surface area contributed by atoms with Gasteiger partial charge in [-0.1, -0.05) is 6.07 Å². The molecule has 1 fully saturated rings. The normalized spacial score (nSPS) is 18.9. The number of hydrogen-bond acceptors (Lipinski definition) is 5. The fraction of sp³-hybridized carbons (Fsp3) is 0.381. The zero-order chi connectivity index (χ0) is 21.8. The molecule has 1 heterocycles. The van der Waals surface area contributed by atoms with Crippen molar-refractivity contribution in [3.05, 3.63) is 58.9 Å². The fourth-order valence-electron chi connectivity index (χ4n) is 3.59. The number of aliphatic hydroxyl groups excluding tert-OH is 1. The maximum Gasteiger partial charge on any atom is 0.227 e. The Balaban J connectivity index is 1.95. The Kier molecular flexibility index (Phi) is 6.84. The molecule has 1 amide bonds. The Morgan fingerprint density at radius 3 is 2.40 bits per heavy atom. The number of aliphatic hydroxyl groups is 1. The Hall–Kier alpha value is -2.78. The molecule has 1 saturated heterocycles. The van der Waals surface area contributed by atoms with Crippen LogP contribution < -0.4 is 9.47 Å². The van der Waals surface area contributed by atoms with Crippen LogP contribution in [-0.4, -0.2) is 56.0 Å². The average molecular weight is 425 g/mol. The molecule has 0 bridgehead atoms. The summed E-state index contributed by atoms with van der Waals surface area (Å²) in [6.45, 7) is -0.0734. The van der Waals surface area contributed by atoms with Gasteiger partial charge in [0.2, 0.25) is 5.91 Å². The van der Waals surface area contributed by atoms with Crippen LogP contribution in [0.25, 0.3) is 0 Å². The van der Waals surface area contributed by atoms with Gasteiger partial charge in [-0.25, -0.2) is 13.2 Å². The summed E-state index contributed by atoms with van der Waals surface area (Å²) in [6, 6.07) is 5.35. The van der Waals surface area contributed by atoms with Crippen LogP contribution in [0.3, 0.4) is 0 Å². The molecule has 2 aromatic carbocycles. The molecule has 0 unspecified atom stereocenters. The third-order valence-electron chi connectivity index (χ3n) is 5.04. The lowest BCUT2D eigenvalue weighted by molar-refractivity contribution is -0.149. The van der Waals surface area contributed by atoms with Gasteiger partial charge in [0, 0.05) is 24.2 Å². The molecule has 2 aromatic rings. The lowest BCUT2D eigenvalue weighted by Crippen LogP contribution is -2.50. The maximum absolute atomic E-state index is 14.0. The molecule has 9 heteroatoms. The van der Waals surface area contributed by atoms with Crippen molar-refractivity contribution >= 4 is 5.91 Å². The van der Waals surface area contributed by atoms with Crippen molar-refractivity contribution in [1.29, 1.82) is 0 Å². The molecule has 0 aromatic heterocycles. The van der Waals surface area contributed by atoms with Crippen LogP contribution in [0.15, 0.2) is 30.3 Å². The number of hydrogen-bond donors (Lipinski definition) is 1. The van der Waals surface area contributed by atoms with Gasteiger partial charge in [-0.05, 0) is 17.7 Å². The number of rotatable bonds is 6. The molecule has 2 atom stereocenters. The predicted octanol–water partition coefficient (Wildman–Crippen LogP) is 2.62. The number of benzene rings is 2. The lowest BCUT2D eigenvalue weighted by atomic mass is 9.96. The van der Waals surface area contributed by atoms with Gasteiger partial charge in [-0.2, -0.15) is 0 Å². The largest absolute Gasteiger partial charge is 0.493 e. The lowest BCUT2D eigenvalue weighted by Gasteiger charge is -2.41. The van der Waals surface area contributed by atoms with Crippen molar-refractivity contribution in [1.82, 2.24) is 4.90 Å². The van der Waals surface area contributed by atoms with Gasteiger partial charge >= 0.3 is 0 Å². The minimum Gasteiger partial charge on any atom is -0.493 e. The zero-order valence-corrected chi connectivity index (χ0v) is 16.5. The third kappa shape index (κ3) is 4.36. The van der Waals surface area contributed by atoms with Crippen LogP contribution >= 0.6 is 0 Å². The number of ether oxygens (including phenoxy) is 3. The molecule has 0 spiro atoms. The molecule has 30 heavy (non-hydrogen) atoms. The third-order valence-corrected chi connectivity index (χ3v) is 5.04. The number of halogens is 3. The van der Waals surface area contributed by atoms with Crippen molar-refractivity contribution in [2.75, 3.05) is 34.0 Å². The standard InChI is InChI=1S/C21H22F3NO5/c1-28-17-4-3-12(7-18(17)29-2)21-19(11-26)30-6-5-25(21)20(27)10-14-15(23)8-13(22)9-16(14)24/h3-4,7-9,19,21,26H,5-6,10-11H2,1-2H3/t19-,21-/m1/s1. The quantitative estimate of drug-likeness (QED) is 0.771. The molecule has 1 aliphatic heterocycles. The predicted molar refractivity (Wildman–Crippen MR) is 101 cm³/mol. The van der Waals surface area contributed by atoms with Gasteiger partial charge in [-0.3, -0.25) is 4.79 Å². The van der Waals surface area contributed by atoms with E-state index in [4.69, 9.17) is 14.2 Å². The van der Waals surface area contributed by atoms with Gasteiger partial charge in [0.05, 0.1) is 39.9 Å². The second-order valence-electron chi connectivity index (χ2n) is 6.76. The summed E-state index contributed by atoms with van der Waals surface area (Å²) in [5.41, 5.74) is 0.0827. The van der Waals surface area contributed by atoms with E-state index >= 15 is 0 Å². The molecule has 162 valence electrons. The van der Waals surface area contributed by atoms with Crippen LogP contribution in [0, 0.1) is 17.5 Å². The second-order valence-corrected chi connectivity index (χ2v) is 6.76. The minimum absolute atomic E-state index is 0.148. The summed E-state index contributed by atoms with van der Waals surface area (Å²) >= 11 is 0. The molecule has 0 aliphatic carbocycles. The summed E-state index contributed by atoms with van der Waals surface area (Å²) < 4.78 is 57.4. The molecular weight excluding hydrogens is 403 g/mol. The number of morpholine rings is 1.